The van der Waals surface area contributed by atoms with Crippen LogP contribution in [-0.4, -0.2) is 17.6 Å². The van der Waals surface area contributed by atoms with Crippen LogP contribution < -0.4 is 4.74 Å². The summed E-state index contributed by atoms with van der Waals surface area (Å²) in [5.74, 6) is -1.03. The average Bonchev–Trinajstić information content (AvgIpc) is 2.25. The van der Waals surface area contributed by atoms with E-state index < -0.39 is 29.8 Å². The van der Waals surface area contributed by atoms with E-state index in [9.17, 15) is 26.7 Å². The number of halogens is 6. The van der Waals surface area contributed by atoms with Crippen LogP contribution in [0.3, 0.4) is 0 Å². The highest BCUT2D eigenvalue weighted by atomic mass is 79.9. The van der Waals surface area contributed by atoms with Crippen LogP contribution in [-0.2, 0) is 5.33 Å². The van der Waals surface area contributed by atoms with Crippen LogP contribution >= 0.6 is 15.9 Å². The molecule has 1 heterocycles. The number of carbonyl (C=O) groups excluding carboxylic acids is 1. The molecule has 0 spiro atoms. The van der Waals surface area contributed by atoms with E-state index in [0.717, 1.165) is 0 Å². The summed E-state index contributed by atoms with van der Waals surface area (Å²) in [5, 5.41) is -0.157. The monoisotopic (exact) mass is 333 g/mol. The minimum Gasteiger partial charge on any atom is -0.388 e. The van der Waals surface area contributed by atoms with E-state index in [2.05, 4.69) is 25.7 Å². The summed E-state index contributed by atoms with van der Waals surface area (Å²) in [6.45, 7) is 0. The number of rotatable bonds is 4. The molecular formula is C9H5BrF5NO2. The number of ether oxygens (including phenoxy) is 1. The van der Waals surface area contributed by atoms with Gasteiger partial charge in [0.05, 0.1) is 5.69 Å². The predicted octanol–water partition coefficient (Wildman–Crippen LogP) is 3.63. The molecule has 0 saturated carbocycles. The van der Waals surface area contributed by atoms with Crippen molar-refractivity contribution in [3.63, 3.8) is 0 Å². The topological polar surface area (TPSA) is 39.2 Å². The lowest BCUT2D eigenvalue weighted by molar-refractivity contribution is -0.276. The molecule has 1 aromatic rings. The van der Waals surface area contributed by atoms with Gasteiger partial charge in [-0.2, -0.15) is 0 Å². The summed E-state index contributed by atoms with van der Waals surface area (Å²) in [4.78, 5) is 14.0. The van der Waals surface area contributed by atoms with Crippen molar-refractivity contribution >= 4 is 22.2 Å². The van der Waals surface area contributed by atoms with Gasteiger partial charge in [0, 0.05) is 22.5 Å². The van der Waals surface area contributed by atoms with Gasteiger partial charge in [0.15, 0.2) is 6.29 Å². The molecule has 0 fully saturated rings. The summed E-state index contributed by atoms with van der Waals surface area (Å²) < 4.78 is 64.5. The Morgan fingerprint density at radius 2 is 2.06 bits per heavy atom. The first-order valence-electron chi connectivity index (χ1n) is 4.37. The zero-order valence-corrected chi connectivity index (χ0v) is 10.1. The second-order valence-corrected chi connectivity index (χ2v) is 3.57. The standard InChI is InChI=1S/C9H5BrF5NO2/c10-2-6-5(3-17)4(8(11)12)1-7(16-6)18-9(13,14)15/h1,3,8H,2H2. The molecule has 0 atom stereocenters. The number of alkyl halides is 6. The average molecular weight is 334 g/mol. The van der Waals surface area contributed by atoms with Crippen molar-refractivity contribution in [3.05, 3.63) is 22.9 Å². The van der Waals surface area contributed by atoms with Gasteiger partial charge in [-0.1, -0.05) is 15.9 Å². The number of aromatic nitrogens is 1. The molecule has 0 aliphatic carbocycles. The Kier molecular flexibility index (Phi) is 4.60. The van der Waals surface area contributed by atoms with E-state index in [0.29, 0.717) is 6.07 Å². The molecule has 0 bridgehead atoms. The maximum atomic E-state index is 12.6. The number of pyridine rings is 1. The molecule has 0 amide bonds. The third kappa shape index (κ3) is 3.62. The van der Waals surface area contributed by atoms with E-state index in [4.69, 9.17) is 0 Å². The SMILES string of the molecule is O=Cc1c(C(F)F)cc(OC(F)(F)F)nc1CBr. The molecule has 9 heteroatoms. The van der Waals surface area contributed by atoms with E-state index >= 15 is 0 Å². The fourth-order valence-corrected chi connectivity index (χ4v) is 1.62. The number of nitrogens with zero attached hydrogens (tertiary/aromatic N) is 1. The second kappa shape index (κ2) is 5.59. The predicted molar refractivity (Wildman–Crippen MR) is 53.9 cm³/mol. The number of carbonyl (C=O) groups is 1. The molecule has 0 aromatic carbocycles. The van der Waals surface area contributed by atoms with Crippen molar-refractivity contribution < 1.29 is 31.5 Å². The zero-order chi connectivity index (χ0) is 13.9. The van der Waals surface area contributed by atoms with Gasteiger partial charge in [-0.3, -0.25) is 4.79 Å². The summed E-state index contributed by atoms with van der Waals surface area (Å²) in [6.07, 6.45) is -8.04. The van der Waals surface area contributed by atoms with Crippen LogP contribution in [0.5, 0.6) is 5.88 Å². The Hall–Kier alpha value is -1.25. The maximum Gasteiger partial charge on any atom is 0.574 e. The molecule has 0 unspecified atom stereocenters. The van der Waals surface area contributed by atoms with Crippen molar-refractivity contribution in [1.29, 1.82) is 0 Å². The highest BCUT2D eigenvalue weighted by molar-refractivity contribution is 9.08. The van der Waals surface area contributed by atoms with Crippen molar-refractivity contribution in [2.24, 2.45) is 0 Å². The van der Waals surface area contributed by atoms with Gasteiger partial charge in [-0.05, 0) is 0 Å². The van der Waals surface area contributed by atoms with E-state index in [1.165, 1.54) is 0 Å². The molecule has 18 heavy (non-hydrogen) atoms. The Balaban J connectivity index is 3.32. The summed E-state index contributed by atoms with van der Waals surface area (Å²) in [5.41, 5.74) is -1.55. The zero-order valence-electron chi connectivity index (χ0n) is 8.47. The molecule has 3 nitrogen and oxygen atoms in total. The quantitative estimate of drug-likeness (QED) is 0.480. The van der Waals surface area contributed by atoms with Gasteiger partial charge in [0.1, 0.15) is 0 Å². The van der Waals surface area contributed by atoms with E-state index in [1.807, 2.05) is 0 Å². The third-order valence-corrected chi connectivity index (χ3v) is 2.38. The van der Waals surface area contributed by atoms with Crippen LogP contribution in [0.4, 0.5) is 22.0 Å². The highest BCUT2D eigenvalue weighted by Crippen LogP contribution is 2.30. The maximum absolute atomic E-state index is 12.6. The van der Waals surface area contributed by atoms with Crippen LogP contribution in [0.25, 0.3) is 0 Å². The number of hydrogen-bond acceptors (Lipinski definition) is 3. The summed E-state index contributed by atoms with van der Waals surface area (Å²) in [6, 6.07) is 0.397. The van der Waals surface area contributed by atoms with Crippen molar-refractivity contribution in [3.8, 4) is 5.88 Å². The van der Waals surface area contributed by atoms with Gasteiger partial charge in [0.25, 0.3) is 6.43 Å². The fourth-order valence-electron chi connectivity index (χ4n) is 1.19. The van der Waals surface area contributed by atoms with Gasteiger partial charge >= 0.3 is 6.36 Å². The fraction of sp³-hybridized carbons (Fsp3) is 0.333. The van der Waals surface area contributed by atoms with Crippen LogP contribution in [0.1, 0.15) is 28.0 Å². The molecule has 1 rings (SSSR count). The van der Waals surface area contributed by atoms with Gasteiger partial charge in [-0.25, -0.2) is 13.8 Å². The van der Waals surface area contributed by atoms with Crippen LogP contribution in [0.2, 0.25) is 0 Å². The van der Waals surface area contributed by atoms with Gasteiger partial charge in [-0.15, -0.1) is 13.2 Å². The lowest BCUT2D eigenvalue weighted by Gasteiger charge is -2.12. The molecular weight excluding hydrogens is 329 g/mol. The molecule has 0 saturated heterocycles. The minimum atomic E-state index is -5.04. The van der Waals surface area contributed by atoms with Crippen LogP contribution in [0, 0.1) is 0 Å². The van der Waals surface area contributed by atoms with Crippen LogP contribution in [0.15, 0.2) is 6.07 Å². The summed E-state index contributed by atoms with van der Waals surface area (Å²) in [7, 11) is 0. The van der Waals surface area contributed by atoms with Gasteiger partial charge in [0.2, 0.25) is 5.88 Å². The van der Waals surface area contributed by atoms with E-state index in [-0.39, 0.29) is 17.3 Å². The van der Waals surface area contributed by atoms with Gasteiger partial charge < -0.3 is 4.74 Å². The van der Waals surface area contributed by atoms with Crippen molar-refractivity contribution in [2.75, 3.05) is 0 Å². The molecule has 0 aliphatic heterocycles. The first-order valence-corrected chi connectivity index (χ1v) is 5.49. The summed E-state index contributed by atoms with van der Waals surface area (Å²) >= 11 is 2.84. The largest absolute Gasteiger partial charge is 0.574 e. The highest BCUT2D eigenvalue weighted by Gasteiger charge is 2.33. The second-order valence-electron chi connectivity index (χ2n) is 3.01. The molecule has 0 aliphatic rings. The molecule has 100 valence electrons. The first-order chi connectivity index (χ1) is 8.28. The Labute approximate surface area is 106 Å². The normalized spacial score (nSPS) is 11.7. The number of hydrogen-bond donors (Lipinski definition) is 0. The Morgan fingerprint density at radius 3 is 2.44 bits per heavy atom. The van der Waals surface area contributed by atoms with Crippen molar-refractivity contribution in [1.82, 2.24) is 4.98 Å². The lowest BCUT2D eigenvalue weighted by Crippen LogP contribution is -2.19. The smallest absolute Gasteiger partial charge is 0.388 e. The Morgan fingerprint density at radius 1 is 1.44 bits per heavy atom. The third-order valence-electron chi connectivity index (χ3n) is 1.85. The lowest BCUT2D eigenvalue weighted by atomic mass is 10.1. The molecule has 0 N–H and O–H groups in total. The first kappa shape index (κ1) is 14.8. The number of aldehydes is 1. The van der Waals surface area contributed by atoms with E-state index in [1.54, 1.807) is 0 Å². The molecule has 0 radical (unpaired) electrons. The van der Waals surface area contributed by atoms with Crippen molar-refractivity contribution in [2.45, 2.75) is 18.1 Å². The molecule has 1 aromatic heterocycles. The minimum absolute atomic E-state index is 0.114. The Bertz CT molecular complexity index is 449.